The first-order chi connectivity index (χ1) is 12.5. The van der Waals surface area contributed by atoms with Gasteiger partial charge in [-0.1, -0.05) is 0 Å². The standard InChI is InChI=1S/C17H16N4O4S/c1-4-24-12(22)8-20-16-13(9(2)10(3)26-16)15-18-14(11-6-5-7-25-11)19-21(15)17(20)23/h5-7H,4,8H2,1-3H3. The van der Waals surface area contributed by atoms with E-state index in [9.17, 15) is 9.59 Å². The maximum absolute atomic E-state index is 13.0. The van der Waals surface area contributed by atoms with E-state index >= 15 is 0 Å². The van der Waals surface area contributed by atoms with Crippen LogP contribution in [0.2, 0.25) is 0 Å². The number of carbonyl (C=O) groups is 1. The molecule has 0 bridgehead atoms. The highest BCUT2D eigenvalue weighted by molar-refractivity contribution is 7.19. The summed E-state index contributed by atoms with van der Waals surface area (Å²) in [7, 11) is 0. The molecule has 0 N–H and O–H groups in total. The van der Waals surface area contributed by atoms with Crippen molar-refractivity contribution in [3.8, 4) is 11.6 Å². The summed E-state index contributed by atoms with van der Waals surface area (Å²) in [5, 5.41) is 5.11. The van der Waals surface area contributed by atoms with Gasteiger partial charge in [-0.05, 0) is 38.5 Å². The van der Waals surface area contributed by atoms with Crippen LogP contribution >= 0.6 is 11.3 Å². The third-order valence-corrected chi connectivity index (χ3v) is 5.42. The Kier molecular flexibility index (Phi) is 3.87. The Morgan fingerprint density at radius 2 is 2.19 bits per heavy atom. The molecule has 4 heterocycles. The molecule has 0 fully saturated rings. The zero-order chi connectivity index (χ0) is 18.4. The summed E-state index contributed by atoms with van der Waals surface area (Å²) in [6.07, 6.45) is 1.52. The quantitative estimate of drug-likeness (QED) is 0.511. The van der Waals surface area contributed by atoms with Crippen LogP contribution in [0.4, 0.5) is 0 Å². The highest BCUT2D eigenvalue weighted by Crippen LogP contribution is 2.32. The summed E-state index contributed by atoms with van der Waals surface area (Å²) in [4.78, 5) is 31.2. The summed E-state index contributed by atoms with van der Waals surface area (Å²) in [5.74, 6) is 0.332. The van der Waals surface area contributed by atoms with Crippen molar-refractivity contribution in [1.82, 2.24) is 19.2 Å². The predicted octanol–water partition coefficient (Wildman–Crippen LogP) is 2.55. The fraction of sp³-hybridized carbons (Fsp3) is 0.294. The van der Waals surface area contributed by atoms with Gasteiger partial charge in [-0.2, -0.15) is 4.52 Å². The Balaban J connectivity index is 2.04. The van der Waals surface area contributed by atoms with Gasteiger partial charge in [-0.3, -0.25) is 9.36 Å². The van der Waals surface area contributed by atoms with Crippen molar-refractivity contribution in [3.05, 3.63) is 39.3 Å². The van der Waals surface area contributed by atoms with Crippen LogP contribution < -0.4 is 5.69 Å². The van der Waals surface area contributed by atoms with E-state index in [1.54, 1.807) is 19.1 Å². The number of furan rings is 1. The lowest BCUT2D eigenvalue weighted by molar-refractivity contribution is -0.143. The van der Waals surface area contributed by atoms with Gasteiger partial charge in [0, 0.05) is 4.88 Å². The fourth-order valence-corrected chi connectivity index (χ4v) is 4.00. The Morgan fingerprint density at radius 3 is 2.88 bits per heavy atom. The summed E-state index contributed by atoms with van der Waals surface area (Å²) < 4.78 is 13.0. The lowest BCUT2D eigenvalue weighted by Crippen LogP contribution is -2.30. The predicted molar refractivity (Wildman–Crippen MR) is 96.4 cm³/mol. The molecular weight excluding hydrogens is 356 g/mol. The number of aromatic nitrogens is 4. The highest BCUT2D eigenvalue weighted by Gasteiger charge is 2.22. The van der Waals surface area contributed by atoms with Crippen LogP contribution in [-0.2, 0) is 16.1 Å². The van der Waals surface area contributed by atoms with Crippen molar-refractivity contribution < 1.29 is 13.9 Å². The van der Waals surface area contributed by atoms with Crippen molar-refractivity contribution >= 4 is 33.2 Å². The van der Waals surface area contributed by atoms with Gasteiger partial charge in [0.05, 0.1) is 18.3 Å². The Hall–Kier alpha value is -2.94. The second-order valence-electron chi connectivity index (χ2n) is 5.79. The van der Waals surface area contributed by atoms with E-state index < -0.39 is 11.7 Å². The number of aryl methyl sites for hydroxylation is 2. The smallest absolute Gasteiger partial charge is 0.352 e. The molecule has 0 saturated carbocycles. The van der Waals surface area contributed by atoms with Crippen molar-refractivity contribution in [1.29, 1.82) is 0 Å². The number of hydrogen-bond donors (Lipinski definition) is 0. The number of nitrogens with zero attached hydrogens (tertiary/aromatic N) is 4. The maximum atomic E-state index is 13.0. The number of esters is 1. The number of thiophene rings is 1. The summed E-state index contributed by atoms with van der Waals surface area (Å²) in [6.45, 7) is 5.75. The largest absolute Gasteiger partial charge is 0.465 e. The van der Waals surface area contributed by atoms with Gasteiger partial charge in [0.25, 0.3) is 0 Å². The first kappa shape index (κ1) is 16.5. The van der Waals surface area contributed by atoms with Gasteiger partial charge in [0.1, 0.15) is 11.4 Å². The molecule has 26 heavy (non-hydrogen) atoms. The fourth-order valence-electron chi connectivity index (χ4n) is 2.86. The minimum Gasteiger partial charge on any atom is -0.465 e. The molecule has 9 heteroatoms. The van der Waals surface area contributed by atoms with Crippen molar-refractivity contribution in [2.45, 2.75) is 27.3 Å². The average molecular weight is 372 g/mol. The molecule has 0 atom stereocenters. The zero-order valence-electron chi connectivity index (χ0n) is 14.5. The number of carbonyl (C=O) groups excluding carboxylic acids is 1. The highest BCUT2D eigenvalue weighted by atomic mass is 32.1. The Labute approximate surface area is 151 Å². The van der Waals surface area contributed by atoms with E-state index in [0.717, 1.165) is 15.8 Å². The number of hydrogen-bond acceptors (Lipinski definition) is 7. The molecule has 0 amide bonds. The van der Waals surface area contributed by atoms with Crippen LogP contribution in [-0.4, -0.2) is 31.7 Å². The second-order valence-corrected chi connectivity index (χ2v) is 6.99. The van der Waals surface area contributed by atoms with Crippen molar-refractivity contribution in [2.24, 2.45) is 0 Å². The van der Waals surface area contributed by atoms with Gasteiger partial charge < -0.3 is 9.15 Å². The van der Waals surface area contributed by atoms with Crippen LogP contribution in [0.25, 0.3) is 27.4 Å². The third kappa shape index (κ3) is 2.43. The first-order valence-corrected chi connectivity index (χ1v) is 8.91. The molecule has 0 unspecified atom stereocenters. The van der Waals surface area contributed by atoms with Gasteiger partial charge in [-0.15, -0.1) is 16.4 Å². The SMILES string of the molecule is CCOC(=O)Cn1c(=O)n2nc(-c3ccco3)nc2c2c(C)c(C)sc21. The van der Waals surface area contributed by atoms with Gasteiger partial charge >= 0.3 is 11.7 Å². The molecule has 4 aromatic rings. The molecule has 0 saturated heterocycles. The lowest BCUT2D eigenvalue weighted by Gasteiger charge is -2.07. The minimum absolute atomic E-state index is 0.172. The molecular formula is C17H16N4O4S. The van der Waals surface area contributed by atoms with Crippen LogP contribution in [0.5, 0.6) is 0 Å². The van der Waals surface area contributed by atoms with Gasteiger partial charge in [0.2, 0.25) is 5.82 Å². The van der Waals surface area contributed by atoms with E-state index in [2.05, 4.69) is 10.1 Å². The van der Waals surface area contributed by atoms with Crippen molar-refractivity contribution in [3.63, 3.8) is 0 Å². The van der Waals surface area contributed by atoms with E-state index in [4.69, 9.17) is 9.15 Å². The average Bonchev–Trinajstić information content (AvgIpc) is 3.31. The lowest BCUT2D eigenvalue weighted by atomic mass is 10.2. The maximum Gasteiger partial charge on any atom is 0.352 e. The Morgan fingerprint density at radius 1 is 1.38 bits per heavy atom. The zero-order valence-corrected chi connectivity index (χ0v) is 15.3. The van der Waals surface area contributed by atoms with E-state index in [1.807, 2.05) is 13.8 Å². The molecule has 134 valence electrons. The normalized spacial score (nSPS) is 11.5. The molecule has 0 aliphatic rings. The second kappa shape index (κ2) is 6.10. The number of rotatable bonds is 4. The van der Waals surface area contributed by atoms with E-state index in [1.165, 1.54) is 26.7 Å². The van der Waals surface area contributed by atoms with Crippen LogP contribution in [0.1, 0.15) is 17.4 Å². The van der Waals surface area contributed by atoms with Gasteiger partial charge in [-0.25, -0.2) is 9.78 Å². The molecule has 4 rings (SSSR count). The molecule has 4 aromatic heterocycles. The molecule has 0 spiro atoms. The molecule has 0 radical (unpaired) electrons. The Bertz CT molecular complexity index is 1180. The minimum atomic E-state index is -0.467. The molecule has 8 nitrogen and oxygen atoms in total. The number of fused-ring (bicyclic) bond motifs is 3. The summed E-state index contributed by atoms with van der Waals surface area (Å²) in [5.41, 5.74) is 1.02. The molecule has 0 aliphatic heterocycles. The molecule has 0 aromatic carbocycles. The monoisotopic (exact) mass is 372 g/mol. The summed E-state index contributed by atoms with van der Waals surface area (Å²) >= 11 is 1.45. The number of ether oxygens (including phenoxy) is 1. The van der Waals surface area contributed by atoms with Gasteiger partial charge in [0.15, 0.2) is 11.4 Å². The topological polar surface area (TPSA) is 91.6 Å². The molecule has 0 aliphatic carbocycles. The van der Waals surface area contributed by atoms with E-state index in [0.29, 0.717) is 22.1 Å². The first-order valence-electron chi connectivity index (χ1n) is 8.10. The van der Waals surface area contributed by atoms with Crippen molar-refractivity contribution in [2.75, 3.05) is 6.61 Å². The van der Waals surface area contributed by atoms with E-state index in [-0.39, 0.29) is 13.2 Å². The summed E-state index contributed by atoms with van der Waals surface area (Å²) in [6, 6.07) is 3.46. The van der Waals surface area contributed by atoms with Crippen LogP contribution in [0.3, 0.4) is 0 Å². The van der Waals surface area contributed by atoms with Crippen LogP contribution in [0, 0.1) is 13.8 Å². The van der Waals surface area contributed by atoms with Crippen LogP contribution in [0.15, 0.2) is 27.6 Å². The third-order valence-electron chi connectivity index (χ3n) is 4.19.